The Kier molecular flexibility index (Phi) is 5.16. The molecule has 0 amide bonds. The zero-order valence-corrected chi connectivity index (χ0v) is 10.9. The molecule has 0 saturated carbocycles. The molecule has 0 saturated heterocycles. The van der Waals surface area contributed by atoms with Crippen LogP contribution in [0, 0.1) is 5.82 Å². The first-order chi connectivity index (χ1) is 9.72. The van der Waals surface area contributed by atoms with Crippen molar-refractivity contribution in [3.63, 3.8) is 0 Å². The molecule has 0 aliphatic rings. The van der Waals surface area contributed by atoms with E-state index in [2.05, 4.69) is 10.1 Å². The highest BCUT2D eigenvalue weighted by atomic mass is 19.1. The highest BCUT2D eigenvalue weighted by Crippen LogP contribution is 2.16. The van der Waals surface area contributed by atoms with Gasteiger partial charge in [0.2, 0.25) is 11.7 Å². The van der Waals surface area contributed by atoms with Crippen molar-refractivity contribution in [3.05, 3.63) is 36.0 Å². The summed E-state index contributed by atoms with van der Waals surface area (Å²) >= 11 is 0. The highest BCUT2D eigenvalue weighted by Gasteiger charge is 2.12. The van der Waals surface area contributed by atoms with Gasteiger partial charge in [-0.3, -0.25) is 4.90 Å². The number of aliphatic hydroxyl groups excluding tert-OH is 2. The van der Waals surface area contributed by atoms with Gasteiger partial charge in [0.05, 0.1) is 19.8 Å². The van der Waals surface area contributed by atoms with Crippen LogP contribution in [-0.2, 0) is 6.54 Å². The predicted octanol–water partition coefficient (Wildman–Crippen LogP) is 0.662. The number of benzene rings is 1. The first-order valence-electron chi connectivity index (χ1n) is 6.25. The van der Waals surface area contributed by atoms with Crippen molar-refractivity contribution >= 4 is 0 Å². The second kappa shape index (κ2) is 7.09. The normalized spacial score (nSPS) is 11.2. The SMILES string of the molecule is OCCN(CCO)Cc1nc(-c2ccc(F)cc2)no1. The van der Waals surface area contributed by atoms with Gasteiger partial charge in [0.25, 0.3) is 0 Å². The molecule has 7 heteroatoms. The Balaban J connectivity index is 2.06. The van der Waals surface area contributed by atoms with Gasteiger partial charge in [0, 0.05) is 18.7 Å². The Hall–Kier alpha value is -1.83. The summed E-state index contributed by atoms with van der Waals surface area (Å²) in [6.45, 7) is 1.14. The van der Waals surface area contributed by atoms with Crippen LogP contribution < -0.4 is 0 Å². The summed E-state index contributed by atoms with van der Waals surface area (Å²) in [7, 11) is 0. The third kappa shape index (κ3) is 3.83. The molecule has 0 unspecified atom stereocenters. The number of hydrogen-bond acceptors (Lipinski definition) is 6. The fraction of sp³-hybridized carbons (Fsp3) is 0.385. The first kappa shape index (κ1) is 14.6. The van der Waals surface area contributed by atoms with Gasteiger partial charge >= 0.3 is 0 Å². The number of aliphatic hydroxyl groups is 2. The quantitative estimate of drug-likeness (QED) is 0.776. The minimum atomic E-state index is -0.325. The van der Waals surface area contributed by atoms with Gasteiger partial charge < -0.3 is 14.7 Å². The van der Waals surface area contributed by atoms with Gasteiger partial charge in [-0.2, -0.15) is 4.98 Å². The Morgan fingerprint density at radius 1 is 1.10 bits per heavy atom. The van der Waals surface area contributed by atoms with Crippen molar-refractivity contribution in [1.82, 2.24) is 15.0 Å². The zero-order chi connectivity index (χ0) is 14.4. The smallest absolute Gasteiger partial charge is 0.241 e. The van der Waals surface area contributed by atoms with Gasteiger partial charge in [-0.25, -0.2) is 4.39 Å². The second-order valence-electron chi connectivity index (χ2n) is 4.24. The Morgan fingerprint density at radius 2 is 1.75 bits per heavy atom. The molecule has 0 bridgehead atoms. The van der Waals surface area contributed by atoms with E-state index in [0.717, 1.165) is 0 Å². The molecule has 2 N–H and O–H groups in total. The lowest BCUT2D eigenvalue weighted by atomic mass is 10.2. The standard InChI is InChI=1S/C13H16FN3O3/c14-11-3-1-10(2-4-11)13-15-12(20-16-13)9-17(5-7-18)6-8-19/h1-4,18-19H,5-9H2. The summed E-state index contributed by atoms with van der Waals surface area (Å²) in [5.41, 5.74) is 0.664. The third-order valence-corrected chi connectivity index (χ3v) is 2.76. The zero-order valence-electron chi connectivity index (χ0n) is 10.9. The predicted molar refractivity (Wildman–Crippen MR) is 69.1 cm³/mol. The number of halogens is 1. The molecule has 2 rings (SSSR count). The molecular weight excluding hydrogens is 265 g/mol. The van der Waals surface area contributed by atoms with Crippen LogP contribution in [0.5, 0.6) is 0 Å². The molecular formula is C13H16FN3O3. The van der Waals surface area contributed by atoms with E-state index >= 15 is 0 Å². The van der Waals surface area contributed by atoms with Crippen molar-refractivity contribution in [1.29, 1.82) is 0 Å². The second-order valence-corrected chi connectivity index (χ2v) is 4.24. The molecule has 0 atom stereocenters. The van der Waals surface area contributed by atoms with Crippen molar-refractivity contribution in [2.75, 3.05) is 26.3 Å². The molecule has 0 aliphatic carbocycles. The minimum absolute atomic E-state index is 0.0149. The van der Waals surface area contributed by atoms with Crippen LogP contribution >= 0.6 is 0 Å². The molecule has 1 aromatic heterocycles. The van der Waals surface area contributed by atoms with Gasteiger partial charge in [-0.1, -0.05) is 5.16 Å². The van der Waals surface area contributed by atoms with E-state index in [4.69, 9.17) is 14.7 Å². The summed E-state index contributed by atoms with van der Waals surface area (Å²) in [5.74, 6) is 0.439. The van der Waals surface area contributed by atoms with Crippen molar-refractivity contribution in [2.24, 2.45) is 0 Å². The largest absolute Gasteiger partial charge is 0.395 e. The lowest BCUT2D eigenvalue weighted by Gasteiger charge is -2.17. The Bertz CT molecular complexity index is 524. The molecule has 1 heterocycles. The maximum absolute atomic E-state index is 12.8. The number of hydrogen-bond donors (Lipinski definition) is 2. The van der Waals surface area contributed by atoms with E-state index in [-0.39, 0.29) is 19.0 Å². The molecule has 0 spiro atoms. The highest BCUT2D eigenvalue weighted by molar-refractivity contribution is 5.53. The van der Waals surface area contributed by atoms with Gasteiger partial charge in [0.1, 0.15) is 5.82 Å². The maximum atomic E-state index is 12.8. The van der Waals surface area contributed by atoms with Crippen LogP contribution in [0.3, 0.4) is 0 Å². The Labute approximate surface area is 115 Å². The van der Waals surface area contributed by atoms with Crippen molar-refractivity contribution in [2.45, 2.75) is 6.54 Å². The average Bonchev–Trinajstić information content (AvgIpc) is 2.89. The lowest BCUT2D eigenvalue weighted by molar-refractivity contribution is 0.143. The van der Waals surface area contributed by atoms with Crippen LogP contribution in [0.15, 0.2) is 28.8 Å². The van der Waals surface area contributed by atoms with Crippen LogP contribution in [0.4, 0.5) is 4.39 Å². The van der Waals surface area contributed by atoms with E-state index in [1.807, 2.05) is 0 Å². The molecule has 0 fully saturated rings. The molecule has 0 radical (unpaired) electrons. The van der Waals surface area contributed by atoms with Gasteiger partial charge in [-0.05, 0) is 24.3 Å². The average molecular weight is 281 g/mol. The molecule has 108 valence electrons. The lowest BCUT2D eigenvalue weighted by Crippen LogP contribution is -2.29. The van der Waals surface area contributed by atoms with Crippen LogP contribution in [-0.4, -0.2) is 51.6 Å². The van der Waals surface area contributed by atoms with Gasteiger partial charge in [0.15, 0.2) is 0 Å². The number of rotatable bonds is 7. The summed E-state index contributed by atoms with van der Waals surface area (Å²) in [5, 5.41) is 21.7. The fourth-order valence-corrected chi connectivity index (χ4v) is 1.78. The molecule has 1 aromatic carbocycles. The van der Waals surface area contributed by atoms with Crippen molar-refractivity contribution in [3.8, 4) is 11.4 Å². The van der Waals surface area contributed by atoms with Crippen LogP contribution in [0.25, 0.3) is 11.4 Å². The number of aromatic nitrogens is 2. The van der Waals surface area contributed by atoms with Crippen LogP contribution in [0.1, 0.15) is 5.89 Å². The van der Waals surface area contributed by atoms with E-state index in [9.17, 15) is 4.39 Å². The fourth-order valence-electron chi connectivity index (χ4n) is 1.78. The van der Waals surface area contributed by atoms with E-state index in [1.165, 1.54) is 12.1 Å². The van der Waals surface area contributed by atoms with Gasteiger partial charge in [-0.15, -0.1) is 0 Å². The van der Waals surface area contributed by atoms with Crippen LogP contribution in [0.2, 0.25) is 0 Å². The topological polar surface area (TPSA) is 82.6 Å². The first-order valence-corrected chi connectivity index (χ1v) is 6.25. The molecule has 0 aliphatic heterocycles. The molecule has 6 nitrogen and oxygen atoms in total. The Morgan fingerprint density at radius 3 is 2.35 bits per heavy atom. The van der Waals surface area contributed by atoms with E-state index < -0.39 is 0 Å². The van der Waals surface area contributed by atoms with E-state index in [0.29, 0.717) is 36.9 Å². The maximum Gasteiger partial charge on any atom is 0.241 e. The summed E-state index contributed by atoms with van der Waals surface area (Å²) in [6.07, 6.45) is 0. The monoisotopic (exact) mass is 281 g/mol. The van der Waals surface area contributed by atoms with Crippen molar-refractivity contribution < 1.29 is 19.1 Å². The van der Waals surface area contributed by atoms with E-state index in [1.54, 1.807) is 17.0 Å². The summed E-state index contributed by atoms with van der Waals surface area (Å²) < 4.78 is 17.9. The molecule has 20 heavy (non-hydrogen) atoms. The summed E-state index contributed by atoms with van der Waals surface area (Å²) in [4.78, 5) is 6.00. The minimum Gasteiger partial charge on any atom is -0.395 e. The molecule has 2 aromatic rings. The summed E-state index contributed by atoms with van der Waals surface area (Å²) in [6, 6.07) is 5.80. The number of nitrogens with zero attached hydrogens (tertiary/aromatic N) is 3. The third-order valence-electron chi connectivity index (χ3n) is 2.76.